The van der Waals surface area contributed by atoms with Crippen LogP contribution in [-0.2, 0) is 21.1 Å². The lowest BCUT2D eigenvalue weighted by Gasteiger charge is -2.29. The summed E-state index contributed by atoms with van der Waals surface area (Å²) in [4.78, 5) is 0. The van der Waals surface area contributed by atoms with Gasteiger partial charge in [-0.2, -0.15) is 0 Å². The molecule has 8 heteroatoms. The first-order valence-corrected chi connectivity index (χ1v) is 15.9. The largest absolute Gasteiger partial charge is 0.487 e. The van der Waals surface area contributed by atoms with Crippen molar-refractivity contribution in [3.63, 3.8) is 0 Å². The zero-order valence-electron chi connectivity index (χ0n) is 18.2. The van der Waals surface area contributed by atoms with Crippen molar-refractivity contribution in [2.24, 2.45) is 0 Å². The summed E-state index contributed by atoms with van der Waals surface area (Å²) in [5.74, 6) is 0.511. The van der Waals surface area contributed by atoms with Gasteiger partial charge in [-0.3, -0.25) is 4.72 Å². The van der Waals surface area contributed by atoms with Gasteiger partial charge in [0.15, 0.2) is 8.32 Å². The summed E-state index contributed by atoms with van der Waals surface area (Å²) in [6.45, 7) is 7.65. The summed E-state index contributed by atoms with van der Waals surface area (Å²) in [5.41, 5.74) is 2.49. The van der Waals surface area contributed by atoms with E-state index < -0.39 is 18.3 Å². The molecule has 0 aromatic heterocycles. The molecule has 1 atom stereocenters. The van der Waals surface area contributed by atoms with Gasteiger partial charge in [-0.05, 0) is 41.4 Å². The molecule has 0 fully saturated rings. The predicted molar refractivity (Wildman–Crippen MR) is 136 cm³/mol. The molecule has 0 bridgehead atoms. The highest BCUT2D eigenvalue weighted by molar-refractivity contribution is 14.1. The molecule has 5 nitrogen and oxygen atoms in total. The van der Waals surface area contributed by atoms with E-state index in [4.69, 9.17) is 9.16 Å². The summed E-state index contributed by atoms with van der Waals surface area (Å²) in [6, 6.07) is 18.8. The van der Waals surface area contributed by atoms with Gasteiger partial charge < -0.3 is 9.16 Å². The predicted octanol–water partition coefficient (Wildman–Crippen LogP) is 6.14. The van der Waals surface area contributed by atoms with Crippen LogP contribution in [0.25, 0.3) is 0 Å². The molecule has 0 saturated carbocycles. The zero-order chi connectivity index (χ0) is 22.2. The summed E-state index contributed by atoms with van der Waals surface area (Å²) in [5, 5.41) is 0. The Bertz CT molecular complexity index is 896. The van der Waals surface area contributed by atoms with Crippen molar-refractivity contribution in [2.75, 3.05) is 17.6 Å². The minimum absolute atomic E-state index is 0.127. The number of halogens is 1. The van der Waals surface area contributed by atoms with Gasteiger partial charge in [-0.15, -0.1) is 0 Å². The summed E-state index contributed by atoms with van der Waals surface area (Å²) in [7, 11) is -5.10. The molecule has 30 heavy (non-hydrogen) atoms. The zero-order valence-corrected chi connectivity index (χ0v) is 22.1. The van der Waals surface area contributed by atoms with Crippen molar-refractivity contribution in [1.29, 1.82) is 0 Å². The van der Waals surface area contributed by atoms with Crippen LogP contribution in [0.2, 0.25) is 18.1 Å². The van der Waals surface area contributed by atoms with Gasteiger partial charge in [0, 0.05) is 6.61 Å². The Morgan fingerprint density at radius 1 is 1.03 bits per heavy atom. The Kier molecular flexibility index (Phi) is 9.64. The van der Waals surface area contributed by atoms with Crippen molar-refractivity contribution in [2.45, 2.75) is 49.4 Å². The lowest BCUT2D eigenvalue weighted by molar-refractivity contribution is 0.303. The van der Waals surface area contributed by atoms with E-state index in [2.05, 4.69) is 48.1 Å². The van der Waals surface area contributed by atoms with Crippen LogP contribution in [0.5, 0.6) is 5.75 Å². The molecule has 0 saturated heterocycles. The van der Waals surface area contributed by atoms with Crippen molar-refractivity contribution in [1.82, 2.24) is 0 Å². The SMILES string of the molecule is CC[Si](CC)(CC)OC[C@@H](I)c1ccc(OCc2ccccc2)c(NS(C)(=O)=O)c1. The fourth-order valence-corrected chi connectivity index (χ4v) is 7.38. The molecule has 166 valence electrons. The highest BCUT2D eigenvalue weighted by Gasteiger charge is 2.29. The number of rotatable bonds is 12. The van der Waals surface area contributed by atoms with Gasteiger partial charge in [-0.25, -0.2) is 8.42 Å². The summed E-state index contributed by atoms with van der Waals surface area (Å²) >= 11 is 2.37. The maximum atomic E-state index is 11.9. The summed E-state index contributed by atoms with van der Waals surface area (Å²) < 4.78 is 38.9. The molecule has 2 aromatic carbocycles. The third-order valence-electron chi connectivity index (χ3n) is 5.37. The minimum Gasteiger partial charge on any atom is -0.487 e. The minimum atomic E-state index is -3.43. The molecule has 2 aromatic rings. The van der Waals surface area contributed by atoms with Crippen molar-refractivity contribution >= 4 is 46.6 Å². The number of anilines is 1. The Morgan fingerprint density at radius 3 is 2.23 bits per heavy atom. The molecule has 2 rings (SSSR count). The van der Waals surface area contributed by atoms with E-state index in [9.17, 15) is 8.42 Å². The van der Waals surface area contributed by atoms with Gasteiger partial charge >= 0.3 is 0 Å². The van der Waals surface area contributed by atoms with Gasteiger partial charge in [0.1, 0.15) is 12.4 Å². The van der Waals surface area contributed by atoms with Crippen molar-refractivity contribution < 1.29 is 17.6 Å². The first kappa shape index (κ1) is 25.2. The highest BCUT2D eigenvalue weighted by atomic mass is 127. The lowest BCUT2D eigenvalue weighted by atomic mass is 10.1. The second-order valence-corrected chi connectivity index (χ2v) is 15.5. The Hall–Kier alpha value is -1.10. The second kappa shape index (κ2) is 11.5. The topological polar surface area (TPSA) is 64.6 Å². The number of sulfonamides is 1. The number of hydrogen-bond acceptors (Lipinski definition) is 4. The fourth-order valence-electron chi connectivity index (χ4n) is 3.29. The molecule has 0 unspecified atom stereocenters. The van der Waals surface area contributed by atoms with E-state index in [0.29, 0.717) is 24.7 Å². The number of alkyl halides is 1. The molecule has 0 aliphatic rings. The van der Waals surface area contributed by atoms with Crippen LogP contribution in [-0.4, -0.2) is 29.6 Å². The second-order valence-electron chi connectivity index (χ2n) is 7.43. The number of nitrogens with one attached hydrogen (secondary N) is 1. The Labute approximate surface area is 195 Å². The molecule has 0 radical (unpaired) electrons. The van der Waals surface area contributed by atoms with Gasteiger partial charge in [-0.1, -0.05) is 79.8 Å². The molecule has 0 aliphatic carbocycles. The Morgan fingerprint density at radius 2 is 1.67 bits per heavy atom. The van der Waals surface area contributed by atoms with Gasteiger partial charge in [0.2, 0.25) is 10.0 Å². The first-order valence-electron chi connectivity index (χ1n) is 10.3. The van der Waals surface area contributed by atoms with Crippen molar-refractivity contribution in [3.05, 3.63) is 59.7 Å². The number of benzene rings is 2. The smallest absolute Gasteiger partial charge is 0.229 e. The number of ether oxygens (including phenoxy) is 1. The van der Waals surface area contributed by atoms with Crippen LogP contribution in [0.4, 0.5) is 5.69 Å². The van der Waals surface area contributed by atoms with E-state index in [0.717, 1.165) is 35.5 Å². The van der Waals surface area contributed by atoms with E-state index in [1.165, 1.54) is 0 Å². The molecule has 0 amide bonds. The van der Waals surface area contributed by atoms with Gasteiger partial charge in [0.25, 0.3) is 0 Å². The van der Waals surface area contributed by atoms with Crippen LogP contribution in [0.3, 0.4) is 0 Å². The fraction of sp³-hybridized carbons (Fsp3) is 0.455. The van der Waals surface area contributed by atoms with Crippen LogP contribution in [0.15, 0.2) is 48.5 Å². The molecular formula is C22H32INO4SSi. The maximum Gasteiger partial charge on any atom is 0.229 e. The van der Waals surface area contributed by atoms with E-state index in [-0.39, 0.29) is 3.92 Å². The molecule has 1 N–H and O–H groups in total. The Balaban J connectivity index is 2.19. The summed E-state index contributed by atoms with van der Waals surface area (Å²) in [6.07, 6.45) is 1.15. The monoisotopic (exact) mass is 561 g/mol. The van der Waals surface area contributed by atoms with E-state index in [1.54, 1.807) is 0 Å². The van der Waals surface area contributed by atoms with Crippen LogP contribution < -0.4 is 9.46 Å². The molecule has 0 heterocycles. The highest BCUT2D eigenvalue weighted by Crippen LogP contribution is 2.34. The molecule has 0 aliphatic heterocycles. The van der Waals surface area contributed by atoms with Crippen LogP contribution >= 0.6 is 22.6 Å². The van der Waals surface area contributed by atoms with E-state index >= 15 is 0 Å². The van der Waals surface area contributed by atoms with Crippen LogP contribution in [0.1, 0.15) is 35.8 Å². The molecule has 0 spiro atoms. The standard InChI is InChI=1S/C22H32INO4SSi/c1-5-30(6-2,7-3)28-17-20(23)19-13-14-22(21(15-19)24-29(4,25)26)27-16-18-11-9-8-10-12-18/h8-15,20,24H,5-7,16-17H2,1-4H3/t20-/m1/s1. The van der Waals surface area contributed by atoms with E-state index in [1.807, 2.05) is 48.5 Å². The maximum absolute atomic E-state index is 11.9. The number of hydrogen-bond donors (Lipinski definition) is 1. The normalized spacial score (nSPS) is 13.1. The average Bonchev–Trinajstić information content (AvgIpc) is 2.73. The first-order chi connectivity index (χ1) is 14.2. The average molecular weight is 562 g/mol. The molecular weight excluding hydrogens is 529 g/mol. The third kappa shape index (κ3) is 7.54. The quantitative estimate of drug-likeness (QED) is 0.192. The van der Waals surface area contributed by atoms with Gasteiger partial charge in [0.05, 0.1) is 15.9 Å². The van der Waals surface area contributed by atoms with Crippen LogP contribution in [0, 0.1) is 0 Å². The van der Waals surface area contributed by atoms with Crippen molar-refractivity contribution in [3.8, 4) is 5.75 Å². The lowest BCUT2D eigenvalue weighted by Crippen LogP contribution is -2.36. The third-order valence-corrected chi connectivity index (χ3v) is 11.7.